The van der Waals surface area contributed by atoms with Gasteiger partial charge in [0.05, 0.1) is 5.56 Å². The maximum atomic E-state index is 13.0. The molecule has 0 aliphatic carbocycles. The monoisotopic (exact) mass is 410 g/mol. The fourth-order valence-electron chi connectivity index (χ4n) is 4.00. The molecule has 1 aromatic rings. The normalized spacial score (nSPS) is 20.5. The fraction of sp³-hybridized carbons (Fsp3) is 0.667. The van der Waals surface area contributed by atoms with Crippen LogP contribution in [0.5, 0.6) is 5.75 Å². The van der Waals surface area contributed by atoms with Gasteiger partial charge in [0.25, 0.3) is 5.91 Å². The third-order valence-corrected chi connectivity index (χ3v) is 6.67. The van der Waals surface area contributed by atoms with E-state index in [1.54, 1.807) is 6.07 Å². The molecule has 1 aromatic carbocycles. The van der Waals surface area contributed by atoms with Gasteiger partial charge >= 0.3 is 0 Å². The first kappa shape index (κ1) is 20.8. The summed E-state index contributed by atoms with van der Waals surface area (Å²) < 4.78 is 6.30. The smallest absolute Gasteiger partial charge is 0.257 e. The van der Waals surface area contributed by atoms with Crippen LogP contribution >= 0.6 is 23.4 Å². The van der Waals surface area contributed by atoms with Crippen molar-refractivity contribution in [3.8, 4) is 5.75 Å². The average molecular weight is 411 g/mol. The van der Waals surface area contributed by atoms with E-state index in [-0.39, 0.29) is 12.0 Å². The first-order chi connectivity index (χ1) is 13.1. The van der Waals surface area contributed by atoms with E-state index in [0.29, 0.717) is 22.4 Å². The van der Waals surface area contributed by atoms with Crippen LogP contribution in [0.2, 0.25) is 5.02 Å². The molecule has 3 rings (SSSR count). The number of carbonyl (C=O) groups excluding carboxylic acids is 1. The number of rotatable bonds is 6. The number of benzene rings is 1. The Hall–Kier alpha value is -0.910. The third-order valence-electron chi connectivity index (χ3n) is 5.62. The molecule has 2 aliphatic heterocycles. The van der Waals surface area contributed by atoms with Crippen LogP contribution in [0.3, 0.4) is 0 Å². The van der Waals surface area contributed by atoms with E-state index in [1.807, 2.05) is 28.8 Å². The maximum absolute atomic E-state index is 13.0. The van der Waals surface area contributed by atoms with Crippen molar-refractivity contribution in [1.82, 2.24) is 9.80 Å². The Balaban J connectivity index is 1.64. The summed E-state index contributed by atoms with van der Waals surface area (Å²) in [4.78, 5) is 17.5. The van der Waals surface area contributed by atoms with Crippen LogP contribution in [0.15, 0.2) is 18.2 Å². The van der Waals surface area contributed by atoms with E-state index in [9.17, 15) is 4.79 Å². The SMILES string of the molecule is CSC[C@@H](C)N1CCC(Oc2cc(Cl)ccc2C(=O)N2CCCCC2)CC1. The second kappa shape index (κ2) is 10.0. The summed E-state index contributed by atoms with van der Waals surface area (Å²) >= 11 is 8.11. The Morgan fingerprint density at radius 2 is 1.93 bits per heavy atom. The third kappa shape index (κ3) is 5.55. The molecule has 1 atom stereocenters. The second-order valence-corrected chi connectivity index (χ2v) is 9.00. The van der Waals surface area contributed by atoms with Crippen LogP contribution in [0.4, 0.5) is 0 Å². The molecule has 2 saturated heterocycles. The molecule has 0 saturated carbocycles. The highest BCUT2D eigenvalue weighted by atomic mass is 35.5. The quantitative estimate of drug-likeness (QED) is 0.688. The number of nitrogens with zero attached hydrogens (tertiary/aromatic N) is 2. The van der Waals surface area contributed by atoms with E-state index in [1.165, 1.54) is 6.42 Å². The van der Waals surface area contributed by atoms with Gasteiger partial charge < -0.3 is 9.64 Å². The van der Waals surface area contributed by atoms with Crippen molar-refractivity contribution >= 4 is 29.3 Å². The van der Waals surface area contributed by atoms with E-state index in [0.717, 1.165) is 57.6 Å². The van der Waals surface area contributed by atoms with E-state index < -0.39 is 0 Å². The van der Waals surface area contributed by atoms with Crippen LogP contribution in [0, 0.1) is 0 Å². The summed E-state index contributed by atoms with van der Waals surface area (Å²) in [5, 5.41) is 0.617. The van der Waals surface area contributed by atoms with Crippen LogP contribution in [-0.2, 0) is 0 Å². The zero-order valence-corrected chi connectivity index (χ0v) is 18.0. The average Bonchev–Trinajstić information content (AvgIpc) is 2.69. The van der Waals surface area contributed by atoms with E-state index in [4.69, 9.17) is 16.3 Å². The minimum absolute atomic E-state index is 0.0763. The standard InChI is InChI=1S/C21H31ClN2O2S/c1-16(15-27-2)23-12-8-18(9-13-23)26-20-14-17(22)6-7-19(20)21(25)24-10-4-3-5-11-24/h6-7,14,16,18H,3-5,8-13,15H2,1-2H3/t16-/m1/s1. The summed E-state index contributed by atoms with van der Waals surface area (Å²) in [5.41, 5.74) is 0.652. The van der Waals surface area contributed by atoms with Gasteiger partial charge in [0, 0.05) is 43.0 Å². The molecular weight excluding hydrogens is 380 g/mol. The van der Waals surface area contributed by atoms with Gasteiger partial charge in [-0.2, -0.15) is 11.8 Å². The van der Waals surface area contributed by atoms with Gasteiger partial charge in [0.2, 0.25) is 0 Å². The molecule has 1 amide bonds. The summed E-state index contributed by atoms with van der Waals surface area (Å²) in [7, 11) is 0. The van der Waals surface area contributed by atoms with Gasteiger partial charge in [-0.15, -0.1) is 0 Å². The minimum atomic E-state index is 0.0763. The molecule has 0 N–H and O–H groups in total. The lowest BCUT2D eigenvalue weighted by atomic mass is 10.1. The maximum Gasteiger partial charge on any atom is 0.257 e. The first-order valence-corrected chi connectivity index (χ1v) is 11.8. The van der Waals surface area contributed by atoms with E-state index in [2.05, 4.69) is 18.1 Å². The highest BCUT2D eigenvalue weighted by molar-refractivity contribution is 7.98. The molecule has 150 valence electrons. The number of piperidine rings is 2. The summed E-state index contributed by atoms with van der Waals surface area (Å²) in [6.45, 7) is 6.06. The van der Waals surface area contributed by atoms with Gasteiger partial charge in [-0.05, 0) is 63.5 Å². The van der Waals surface area contributed by atoms with Gasteiger partial charge in [-0.25, -0.2) is 0 Å². The first-order valence-electron chi connectivity index (χ1n) is 10.1. The number of carbonyl (C=O) groups is 1. The van der Waals surface area contributed by atoms with Crippen LogP contribution < -0.4 is 4.74 Å². The van der Waals surface area contributed by atoms with Gasteiger partial charge in [-0.3, -0.25) is 9.69 Å². The Labute approximate surface area is 172 Å². The largest absolute Gasteiger partial charge is 0.489 e. The van der Waals surface area contributed by atoms with Gasteiger partial charge in [0.15, 0.2) is 0 Å². The molecule has 2 heterocycles. The number of thioether (sulfide) groups is 1. The van der Waals surface area contributed by atoms with Crippen LogP contribution in [-0.4, -0.2) is 66.0 Å². The molecule has 6 heteroatoms. The highest BCUT2D eigenvalue weighted by Crippen LogP contribution is 2.29. The fourth-order valence-corrected chi connectivity index (χ4v) is 4.85. The molecule has 0 aromatic heterocycles. The summed E-state index contributed by atoms with van der Waals surface area (Å²) in [5.74, 6) is 1.88. The zero-order valence-electron chi connectivity index (χ0n) is 16.5. The predicted molar refractivity (Wildman–Crippen MR) is 114 cm³/mol. The number of hydrogen-bond donors (Lipinski definition) is 0. The van der Waals surface area contributed by atoms with Crippen molar-refractivity contribution < 1.29 is 9.53 Å². The lowest BCUT2D eigenvalue weighted by Gasteiger charge is -2.36. The summed E-state index contributed by atoms with van der Waals surface area (Å²) in [6.07, 6.45) is 7.66. The lowest BCUT2D eigenvalue weighted by Crippen LogP contribution is -2.44. The predicted octanol–water partition coefficient (Wildman–Crippen LogP) is 4.56. The molecule has 2 fully saturated rings. The number of halogens is 1. The Morgan fingerprint density at radius 3 is 2.59 bits per heavy atom. The van der Waals surface area contributed by atoms with Crippen molar-refractivity contribution in [2.75, 3.05) is 38.2 Å². The molecule has 2 aliphatic rings. The van der Waals surface area contributed by atoms with Gasteiger partial charge in [0.1, 0.15) is 11.9 Å². The van der Waals surface area contributed by atoms with Crippen molar-refractivity contribution in [2.45, 2.75) is 51.2 Å². The summed E-state index contributed by atoms with van der Waals surface area (Å²) in [6, 6.07) is 6.02. The van der Waals surface area contributed by atoms with Gasteiger partial charge in [-0.1, -0.05) is 11.6 Å². The molecule has 0 bridgehead atoms. The second-order valence-electron chi connectivity index (χ2n) is 7.65. The Bertz CT molecular complexity index is 629. The molecule has 0 spiro atoms. The van der Waals surface area contributed by atoms with Crippen LogP contribution in [0.1, 0.15) is 49.4 Å². The molecule has 27 heavy (non-hydrogen) atoms. The molecular formula is C21H31ClN2O2S. The lowest BCUT2D eigenvalue weighted by molar-refractivity contribution is 0.0693. The zero-order chi connectivity index (χ0) is 19.2. The number of likely N-dealkylation sites (tertiary alicyclic amines) is 2. The molecule has 0 radical (unpaired) electrons. The van der Waals surface area contributed by atoms with Crippen molar-refractivity contribution in [3.63, 3.8) is 0 Å². The number of amides is 1. The number of hydrogen-bond acceptors (Lipinski definition) is 4. The molecule has 4 nitrogen and oxygen atoms in total. The molecule has 0 unspecified atom stereocenters. The van der Waals surface area contributed by atoms with Crippen molar-refractivity contribution in [1.29, 1.82) is 0 Å². The topological polar surface area (TPSA) is 32.8 Å². The number of ether oxygens (including phenoxy) is 1. The highest BCUT2D eigenvalue weighted by Gasteiger charge is 2.26. The van der Waals surface area contributed by atoms with Crippen molar-refractivity contribution in [2.24, 2.45) is 0 Å². The Morgan fingerprint density at radius 1 is 1.22 bits per heavy atom. The Kier molecular flexibility index (Phi) is 7.74. The minimum Gasteiger partial charge on any atom is -0.489 e. The van der Waals surface area contributed by atoms with Crippen molar-refractivity contribution in [3.05, 3.63) is 28.8 Å². The van der Waals surface area contributed by atoms with E-state index >= 15 is 0 Å². The van der Waals surface area contributed by atoms with Crippen LogP contribution in [0.25, 0.3) is 0 Å².